The van der Waals surface area contributed by atoms with Gasteiger partial charge in [-0.3, -0.25) is 10.6 Å². The van der Waals surface area contributed by atoms with E-state index in [1.165, 1.54) is 0 Å². The Hall–Kier alpha value is -0.820. The molecule has 7 heteroatoms. The van der Waals surface area contributed by atoms with Gasteiger partial charge < -0.3 is 8.93 Å². The van der Waals surface area contributed by atoms with Crippen LogP contribution in [0.2, 0.25) is 0 Å². The third kappa shape index (κ3) is 1.58. The number of halogens is 1. The van der Waals surface area contributed by atoms with Gasteiger partial charge in [-0.05, 0) is 0 Å². The minimum atomic E-state index is -1.23. The van der Waals surface area contributed by atoms with Gasteiger partial charge in [0, 0.05) is 0 Å². The van der Waals surface area contributed by atoms with Gasteiger partial charge in [0.05, 0.1) is 0 Å². The summed E-state index contributed by atoms with van der Waals surface area (Å²) in [5.74, 6) is 0. The number of aliphatic hydroxyl groups is 1. The maximum absolute atomic E-state index is 10.5. The number of aliphatic imine (C=N–C) groups is 1. The molecule has 56 valence electrons. The molecule has 1 heterocycles. The number of hydrogen-bond acceptors (Lipinski definition) is 4. The van der Waals surface area contributed by atoms with E-state index in [2.05, 4.69) is 35.7 Å². The highest BCUT2D eigenvalue weighted by molar-refractivity contribution is 9.06. The lowest BCUT2D eigenvalue weighted by Gasteiger charge is -2.15. The molecule has 0 bridgehead atoms. The summed E-state index contributed by atoms with van der Waals surface area (Å²) in [4.78, 5) is 13.9. The second kappa shape index (κ2) is 2.84. The molecule has 0 spiro atoms. The molecule has 0 aromatic heterocycles. The van der Waals surface area contributed by atoms with Crippen molar-refractivity contribution in [3.05, 3.63) is 0 Å². The molecule has 0 fully saturated rings. The topological polar surface area (TPSA) is 83.0 Å². The van der Waals surface area contributed by atoms with E-state index in [0.29, 0.717) is 0 Å². The maximum atomic E-state index is 10.5. The lowest BCUT2D eigenvalue weighted by atomic mass is 10.7. The van der Waals surface area contributed by atoms with Crippen molar-refractivity contribution in [2.24, 2.45) is 4.99 Å². The van der Waals surface area contributed by atoms with Crippen molar-refractivity contribution in [3.8, 4) is 0 Å². The summed E-state index contributed by atoms with van der Waals surface area (Å²) >= 11 is 2.58. The molecule has 0 aromatic carbocycles. The number of carbonyl (C=O) groups excluding carboxylic acids is 1. The summed E-state index contributed by atoms with van der Waals surface area (Å²) in [7, 11) is 0. The third-order valence-electron chi connectivity index (χ3n) is 0.793. The molecule has 1 rings (SSSR count). The summed E-state index contributed by atoms with van der Waals surface area (Å²) in [5.41, 5.74) is 0. The summed E-state index contributed by atoms with van der Waals surface area (Å²) in [6, 6.07) is -0.631. The van der Waals surface area contributed by atoms with E-state index >= 15 is 0 Å². The summed E-state index contributed by atoms with van der Waals surface area (Å²) < 4.78 is 4.36. The fourth-order valence-electron chi connectivity index (χ4n) is 0.465. The van der Waals surface area contributed by atoms with Crippen LogP contribution in [0.15, 0.2) is 4.99 Å². The fourth-order valence-corrected chi connectivity index (χ4v) is 0.630. The first-order valence-corrected chi connectivity index (χ1v) is 2.99. The Kier molecular flexibility index (Phi) is 2.07. The maximum Gasteiger partial charge on any atom is 0.326 e. The van der Waals surface area contributed by atoms with Crippen LogP contribution < -0.4 is 10.6 Å². The van der Waals surface area contributed by atoms with Gasteiger partial charge in [0.25, 0.3) is 0 Å². The number of nitrogens with zero attached hydrogens (tertiary/aromatic N) is 1. The van der Waals surface area contributed by atoms with Gasteiger partial charge in [0.15, 0.2) is 16.3 Å². The highest BCUT2D eigenvalue weighted by Gasteiger charge is 2.17. The van der Waals surface area contributed by atoms with Crippen molar-refractivity contribution < 1.29 is 13.7 Å². The summed E-state index contributed by atoms with van der Waals surface area (Å²) in [6.45, 7) is 0. The second-order valence-electron chi connectivity index (χ2n) is 1.48. The monoisotopic (exact) mass is 209 g/mol. The van der Waals surface area contributed by atoms with E-state index in [-0.39, 0.29) is 6.02 Å². The number of amidine groups is 1. The number of amides is 2. The lowest BCUT2D eigenvalue weighted by molar-refractivity contribution is 0.142. The SMILES string of the molecule is O=C1NC(OBr)=NC(O)N1. The molecule has 1 atom stereocenters. The van der Waals surface area contributed by atoms with E-state index in [9.17, 15) is 4.79 Å². The van der Waals surface area contributed by atoms with Crippen LogP contribution in [0, 0.1) is 0 Å². The molecule has 1 unspecified atom stereocenters. The van der Waals surface area contributed by atoms with E-state index in [4.69, 9.17) is 5.11 Å². The molecule has 0 radical (unpaired) electrons. The largest absolute Gasteiger partial charge is 0.383 e. The number of urea groups is 1. The normalized spacial score (nSPS) is 24.4. The van der Waals surface area contributed by atoms with Crippen LogP contribution in [-0.2, 0) is 3.83 Å². The van der Waals surface area contributed by atoms with Gasteiger partial charge in [-0.25, -0.2) is 4.79 Å². The average molecular weight is 210 g/mol. The molecule has 2 amide bonds. The van der Waals surface area contributed by atoms with Crippen LogP contribution >= 0.6 is 16.3 Å². The van der Waals surface area contributed by atoms with Crippen molar-refractivity contribution in [2.75, 3.05) is 0 Å². The first-order valence-electron chi connectivity index (χ1n) is 2.34. The van der Waals surface area contributed by atoms with Gasteiger partial charge >= 0.3 is 12.1 Å². The highest BCUT2D eigenvalue weighted by atomic mass is 79.9. The Morgan fingerprint density at radius 1 is 1.80 bits per heavy atom. The number of aliphatic hydroxyl groups excluding tert-OH is 1. The Bertz CT molecular complexity index is 182. The molecular weight excluding hydrogens is 206 g/mol. The minimum Gasteiger partial charge on any atom is -0.383 e. The standard InChI is InChI=1S/C3H4BrN3O3/c4-10-3-6-1(8)5-2(9)7-3/h1,8H,(H2,5,6,7,9). The Labute approximate surface area is 64.7 Å². The first kappa shape index (κ1) is 7.29. The quantitative estimate of drug-likeness (QED) is 0.492. The molecule has 0 saturated heterocycles. The zero-order chi connectivity index (χ0) is 7.56. The van der Waals surface area contributed by atoms with Gasteiger partial charge in [-0.1, -0.05) is 0 Å². The molecule has 10 heavy (non-hydrogen) atoms. The van der Waals surface area contributed by atoms with Crippen molar-refractivity contribution >= 4 is 28.3 Å². The van der Waals surface area contributed by atoms with Crippen LogP contribution in [0.1, 0.15) is 0 Å². The van der Waals surface area contributed by atoms with Crippen molar-refractivity contribution in [1.82, 2.24) is 10.6 Å². The molecule has 3 N–H and O–H groups in total. The van der Waals surface area contributed by atoms with E-state index in [0.717, 1.165) is 0 Å². The van der Waals surface area contributed by atoms with E-state index in [1.807, 2.05) is 0 Å². The molecule has 1 aliphatic heterocycles. The zero-order valence-corrected chi connectivity index (χ0v) is 6.25. The average Bonchev–Trinajstić information content (AvgIpc) is 1.85. The number of hydrogen-bond donors (Lipinski definition) is 3. The summed E-state index contributed by atoms with van der Waals surface area (Å²) in [6.07, 6.45) is -1.23. The Morgan fingerprint density at radius 2 is 2.50 bits per heavy atom. The van der Waals surface area contributed by atoms with Crippen LogP contribution in [0.25, 0.3) is 0 Å². The van der Waals surface area contributed by atoms with E-state index < -0.39 is 12.4 Å². The van der Waals surface area contributed by atoms with Gasteiger partial charge in [0.1, 0.15) is 0 Å². The van der Waals surface area contributed by atoms with E-state index in [1.54, 1.807) is 0 Å². The second-order valence-corrected chi connectivity index (χ2v) is 1.81. The third-order valence-corrected chi connectivity index (χ3v) is 1.10. The Balaban J connectivity index is 2.65. The number of carbonyl (C=O) groups is 1. The van der Waals surface area contributed by atoms with Crippen molar-refractivity contribution in [3.63, 3.8) is 0 Å². The van der Waals surface area contributed by atoms with Gasteiger partial charge in [-0.15, -0.1) is 0 Å². The number of nitrogens with one attached hydrogen (secondary N) is 2. The van der Waals surface area contributed by atoms with Gasteiger partial charge in [-0.2, -0.15) is 4.99 Å². The first-order chi connectivity index (χ1) is 4.72. The van der Waals surface area contributed by atoms with Crippen LogP contribution in [0.5, 0.6) is 0 Å². The Morgan fingerprint density at radius 3 is 3.00 bits per heavy atom. The smallest absolute Gasteiger partial charge is 0.326 e. The van der Waals surface area contributed by atoms with Crippen LogP contribution in [0.4, 0.5) is 4.79 Å². The molecule has 0 saturated carbocycles. The molecule has 0 aromatic rings. The lowest BCUT2D eigenvalue weighted by Crippen LogP contribution is -2.49. The highest BCUT2D eigenvalue weighted by Crippen LogP contribution is 1.93. The molecule has 6 nitrogen and oxygen atoms in total. The molecular formula is C3H4BrN3O3. The van der Waals surface area contributed by atoms with Crippen molar-refractivity contribution in [2.45, 2.75) is 6.35 Å². The number of rotatable bonds is 0. The minimum absolute atomic E-state index is 0.0729. The fraction of sp³-hybridized carbons (Fsp3) is 0.333. The van der Waals surface area contributed by atoms with Crippen LogP contribution in [-0.4, -0.2) is 23.5 Å². The predicted octanol–water partition coefficient (Wildman–Crippen LogP) is -0.742. The predicted molar refractivity (Wildman–Crippen MR) is 35.1 cm³/mol. The molecule has 1 aliphatic rings. The summed E-state index contributed by atoms with van der Waals surface area (Å²) in [5, 5.41) is 12.9. The van der Waals surface area contributed by atoms with Crippen LogP contribution in [0.3, 0.4) is 0 Å². The van der Waals surface area contributed by atoms with Gasteiger partial charge in [0.2, 0.25) is 6.35 Å². The zero-order valence-electron chi connectivity index (χ0n) is 4.67. The molecule has 0 aliphatic carbocycles. The van der Waals surface area contributed by atoms with Crippen molar-refractivity contribution in [1.29, 1.82) is 0 Å².